The van der Waals surface area contributed by atoms with Crippen LogP contribution in [-0.2, 0) is 4.74 Å². The van der Waals surface area contributed by atoms with Crippen molar-refractivity contribution in [2.45, 2.75) is 31.9 Å². The lowest BCUT2D eigenvalue weighted by atomic mass is 9.89. The van der Waals surface area contributed by atoms with Crippen LogP contribution < -0.4 is 11.1 Å². The van der Waals surface area contributed by atoms with Crippen LogP contribution in [0, 0.1) is 6.92 Å². The lowest BCUT2D eigenvalue weighted by molar-refractivity contribution is 0.0176. The number of nitrogens with two attached hydrogens (primary N) is 1. The lowest BCUT2D eigenvalue weighted by Gasteiger charge is -2.34. The van der Waals surface area contributed by atoms with Gasteiger partial charge in [0.1, 0.15) is 0 Å². The van der Waals surface area contributed by atoms with Crippen molar-refractivity contribution in [2.75, 3.05) is 12.8 Å². The van der Waals surface area contributed by atoms with Gasteiger partial charge in [-0.05, 0) is 25.8 Å². The molecule has 2 rings (SSSR count). The van der Waals surface area contributed by atoms with E-state index in [9.17, 15) is 4.79 Å². The summed E-state index contributed by atoms with van der Waals surface area (Å²) in [6.45, 7) is 1.84. The molecule has 1 amide bonds. The summed E-state index contributed by atoms with van der Waals surface area (Å²) in [5.74, 6) is -0.158. The maximum absolute atomic E-state index is 11.9. The molecular formula is C12H17N3O2. The zero-order valence-corrected chi connectivity index (χ0v) is 10.1. The van der Waals surface area contributed by atoms with Crippen molar-refractivity contribution in [1.29, 1.82) is 0 Å². The topological polar surface area (TPSA) is 77.2 Å². The predicted octanol–water partition coefficient (Wildman–Crippen LogP) is 0.879. The van der Waals surface area contributed by atoms with E-state index in [-0.39, 0.29) is 18.1 Å². The molecule has 1 aliphatic carbocycles. The van der Waals surface area contributed by atoms with Crippen molar-refractivity contribution < 1.29 is 9.53 Å². The molecule has 92 valence electrons. The number of carbonyl (C=O) groups is 1. The van der Waals surface area contributed by atoms with E-state index in [0.29, 0.717) is 11.3 Å². The molecule has 0 atom stereocenters. The molecule has 1 aliphatic rings. The Kier molecular flexibility index (Phi) is 3.28. The number of pyridine rings is 1. The molecule has 5 nitrogen and oxygen atoms in total. The van der Waals surface area contributed by atoms with Crippen LogP contribution in [0.25, 0.3) is 0 Å². The number of anilines is 1. The number of methoxy groups -OCH3 is 1. The van der Waals surface area contributed by atoms with Crippen molar-refractivity contribution in [3.8, 4) is 0 Å². The molecular weight excluding hydrogens is 218 g/mol. The highest BCUT2D eigenvalue weighted by atomic mass is 16.5. The number of hydrogen-bond donors (Lipinski definition) is 2. The van der Waals surface area contributed by atoms with Crippen LogP contribution in [0.15, 0.2) is 12.3 Å². The fourth-order valence-corrected chi connectivity index (χ4v) is 1.91. The highest BCUT2D eigenvalue weighted by Crippen LogP contribution is 2.23. The van der Waals surface area contributed by atoms with Crippen LogP contribution in [0.4, 0.5) is 5.69 Å². The molecule has 3 N–H and O–H groups in total. The summed E-state index contributed by atoms with van der Waals surface area (Å²) < 4.78 is 5.15. The first-order valence-corrected chi connectivity index (χ1v) is 5.66. The van der Waals surface area contributed by atoms with E-state index >= 15 is 0 Å². The highest BCUT2D eigenvalue weighted by molar-refractivity contribution is 5.99. The summed E-state index contributed by atoms with van der Waals surface area (Å²) >= 11 is 0. The Morgan fingerprint density at radius 1 is 1.59 bits per heavy atom. The summed E-state index contributed by atoms with van der Waals surface area (Å²) in [5.41, 5.74) is 7.50. The number of ether oxygens (including phenoxy) is 1. The van der Waals surface area contributed by atoms with Crippen LogP contribution in [-0.4, -0.2) is 30.1 Å². The number of amides is 1. The smallest absolute Gasteiger partial charge is 0.255 e. The Labute approximate surface area is 100 Å². The second-order valence-electron chi connectivity index (χ2n) is 4.41. The summed E-state index contributed by atoms with van der Waals surface area (Å²) in [5, 5.41) is 2.92. The molecule has 1 saturated carbocycles. The van der Waals surface area contributed by atoms with E-state index < -0.39 is 0 Å². The third-order valence-corrected chi connectivity index (χ3v) is 3.08. The number of nitrogens with zero attached hydrogens (tertiary/aromatic N) is 1. The van der Waals surface area contributed by atoms with Gasteiger partial charge in [0.05, 0.1) is 11.7 Å². The molecule has 0 unspecified atom stereocenters. The second-order valence-corrected chi connectivity index (χ2v) is 4.41. The quantitative estimate of drug-likeness (QED) is 0.815. The van der Waals surface area contributed by atoms with Gasteiger partial charge in [0.15, 0.2) is 0 Å². The average Bonchev–Trinajstić information content (AvgIpc) is 2.22. The van der Waals surface area contributed by atoms with Gasteiger partial charge in [0.2, 0.25) is 0 Å². The predicted molar refractivity (Wildman–Crippen MR) is 64.7 cm³/mol. The summed E-state index contributed by atoms with van der Waals surface area (Å²) in [6, 6.07) is 1.89. The molecule has 0 aliphatic heterocycles. The Morgan fingerprint density at radius 2 is 2.29 bits per heavy atom. The molecule has 0 spiro atoms. The Hall–Kier alpha value is -1.62. The zero-order valence-electron chi connectivity index (χ0n) is 10.1. The van der Waals surface area contributed by atoms with Crippen molar-refractivity contribution in [2.24, 2.45) is 0 Å². The fraction of sp³-hybridized carbons (Fsp3) is 0.500. The Bertz CT molecular complexity index is 428. The van der Waals surface area contributed by atoms with E-state index in [1.54, 1.807) is 13.2 Å². The molecule has 0 bridgehead atoms. The van der Waals surface area contributed by atoms with E-state index in [2.05, 4.69) is 10.3 Å². The van der Waals surface area contributed by atoms with Gasteiger partial charge in [-0.25, -0.2) is 0 Å². The molecule has 5 heteroatoms. The van der Waals surface area contributed by atoms with Crippen LogP contribution in [0.5, 0.6) is 0 Å². The molecule has 1 aromatic rings. The van der Waals surface area contributed by atoms with Crippen molar-refractivity contribution in [3.63, 3.8) is 0 Å². The number of aryl methyl sites for hydroxylation is 1. The Morgan fingerprint density at radius 3 is 2.88 bits per heavy atom. The van der Waals surface area contributed by atoms with Gasteiger partial charge in [0.25, 0.3) is 5.91 Å². The summed E-state index contributed by atoms with van der Waals surface area (Å²) in [6.07, 6.45) is 3.52. The first-order chi connectivity index (χ1) is 8.10. The number of carbonyl (C=O) groups excluding carboxylic acids is 1. The molecule has 0 radical (unpaired) electrons. The number of rotatable bonds is 3. The van der Waals surface area contributed by atoms with Crippen LogP contribution in [0.3, 0.4) is 0 Å². The van der Waals surface area contributed by atoms with Gasteiger partial charge in [-0.15, -0.1) is 0 Å². The standard InChI is InChI=1S/C12H17N3O2/c1-7-3-11(13)10(6-14-7)12(16)15-8-4-9(5-8)17-2/h3,6,8-9H,4-5H2,1-2H3,(H2,13,14)(H,15,16). The number of hydrogen-bond acceptors (Lipinski definition) is 4. The minimum Gasteiger partial charge on any atom is -0.398 e. The average molecular weight is 235 g/mol. The molecule has 17 heavy (non-hydrogen) atoms. The molecule has 0 aromatic carbocycles. The number of aromatic nitrogens is 1. The second kappa shape index (κ2) is 4.71. The van der Waals surface area contributed by atoms with Gasteiger partial charge in [-0.3, -0.25) is 9.78 Å². The van der Waals surface area contributed by atoms with Gasteiger partial charge >= 0.3 is 0 Å². The molecule has 1 aromatic heterocycles. The highest BCUT2D eigenvalue weighted by Gasteiger charge is 2.30. The maximum Gasteiger partial charge on any atom is 0.255 e. The third-order valence-electron chi connectivity index (χ3n) is 3.08. The fourth-order valence-electron chi connectivity index (χ4n) is 1.91. The largest absolute Gasteiger partial charge is 0.398 e. The number of nitrogens with one attached hydrogen (secondary N) is 1. The minimum absolute atomic E-state index is 0.158. The zero-order chi connectivity index (χ0) is 12.4. The Balaban J connectivity index is 1.96. The van der Waals surface area contributed by atoms with E-state index in [1.165, 1.54) is 6.20 Å². The van der Waals surface area contributed by atoms with E-state index in [4.69, 9.17) is 10.5 Å². The lowest BCUT2D eigenvalue weighted by Crippen LogP contribution is -2.47. The SMILES string of the molecule is COC1CC(NC(=O)c2cnc(C)cc2N)C1. The summed E-state index contributed by atoms with van der Waals surface area (Å²) in [4.78, 5) is 16.0. The van der Waals surface area contributed by atoms with Crippen LogP contribution in [0.1, 0.15) is 28.9 Å². The maximum atomic E-state index is 11.9. The molecule has 1 heterocycles. The van der Waals surface area contributed by atoms with Gasteiger partial charge < -0.3 is 15.8 Å². The summed E-state index contributed by atoms with van der Waals surface area (Å²) in [7, 11) is 1.69. The van der Waals surface area contributed by atoms with E-state index in [0.717, 1.165) is 18.5 Å². The van der Waals surface area contributed by atoms with Crippen molar-refractivity contribution >= 4 is 11.6 Å². The van der Waals surface area contributed by atoms with Gasteiger partial charge in [0, 0.05) is 30.7 Å². The number of nitrogen functional groups attached to an aromatic ring is 1. The first kappa shape index (κ1) is 11.9. The van der Waals surface area contributed by atoms with Crippen LogP contribution >= 0.6 is 0 Å². The normalized spacial score (nSPS) is 22.9. The van der Waals surface area contributed by atoms with Gasteiger partial charge in [-0.2, -0.15) is 0 Å². The van der Waals surface area contributed by atoms with E-state index in [1.807, 2.05) is 6.92 Å². The van der Waals surface area contributed by atoms with Crippen molar-refractivity contribution in [1.82, 2.24) is 10.3 Å². The molecule has 1 fully saturated rings. The van der Waals surface area contributed by atoms with Crippen molar-refractivity contribution in [3.05, 3.63) is 23.5 Å². The molecule has 0 saturated heterocycles. The van der Waals surface area contributed by atoms with Gasteiger partial charge in [-0.1, -0.05) is 0 Å². The minimum atomic E-state index is -0.158. The third kappa shape index (κ3) is 2.55. The first-order valence-electron chi connectivity index (χ1n) is 5.66. The van der Waals surface area contributed by atoms with Crippen LogP contribution in [0.2, 0.25) is 0 Å². The monoisotopic (exact) mass is 235 g/mol.